The maximum atomic E-state index is 14.9. The summed E-state index contributed by atoms with van der Waals surface area (Å²) in [5, 5.41) is 1.20. The van der Waals surface area contributed by atoms with E-state index < -0.39 is 11.6 Å². The molecule has 0 spiro atoms. The number of ether oxygens (including phenoxy) is 3. The van der Waals surface area contributed by atoms with Crippen molar-refractivity contribution in [3.05, 3.63) is 87.1 Å². The molecule has 0 radical (unpaired) electrons. The largest absolute Gasteiger partial charge is 0.444 e. The molecule has 3 aromatic carbocycles. The quantitative estimate of drug-likeness (QED) is 0.170. The third-order valence-corrected chi connectivity index (χ3v) is 10.7. The van der Waals surface area contributed by atoms with E-state index in [1.54, 1.807) is 19.1 Å². The first-order valence-corrected chi connectivity index (χ1v) is 17.1. The highest BCUT2D eigenvalue weighted by Crippen LogP contribution is 2.50. The van der Waals surface area contributed by atoms with E-state index in [2.05, 4.69) is 59.0 Å². The van der Waals surface area contributed by atoms with E-state index in [1.165, 1.54) is 17.6 Å². The number of hydrogen-bond donors (Lipinski definition) is 0. The number of para-hydroxylation sites is 1. The Morgan fingerprint density at radius 2 is 1.91 bits per heavy atom. The maximum absolute atomic E-state index is 14.9. The normalized spacial score (nSPS) is 21.8. The monoisotopic (exact) mass is 709 g/mol. The molecule has 5 aromatic rings. The number of fused-ring (bicyclic) bond motifs is 2. The van der Waals surface area contributed by atoms with Crippen LogP contribution >= 0.6 is 39.1 Å². The van der Waals surface area contributed by atoms with Gasteiger partial charge >= 0.3 is 0 Å². The topological polar surface area (TPSA) is 74.5 Å². The van der Waals surface area contributed by atoms with Gasteiger partial charge in [-0.15, -0.1) is 0 Å². The number of halogens is 3. The van der Waals surface area contributed by atoms with Crippen LogP contribution in [0.15, 0.2) is 59.3 Å². The van der Waals surface area contributed by atoms with Crippen LogP contribution in [0.25, 0.3) is 21.6 Å². The highest BCUT2D eigenvalue weighted by molar-refractivity contribution is 9.10. The van der Waals surface area contributed by atoms with Gasteiger partial charge in [0.05, 0.1) is 35.8 Å². The lowest BCUT2D eigenvalue weighted by Crippen LogP contribution is -2.35. The van der Waals surface area contributed by atoms with Gasteiger partial charge in [-0.3, -0.25) is 4.90 Å². The van der Waals surface area contributed by atoms with Crippen molar-refractivity contribution < 1.29 is 18.6 Å². The highest BCUT2D eigenvalue weighted by Gasteiger charge is 2.43. The van der Waals surface area contributed by atoms with Gasteiger partial charge in [0, 0.05) is 29.7 Å². The zero-order valence-electron chi connectivity index (χ0n) is 24.5. The van der Waals surface area contributed by atoms with E-state index in [9.17, 15) is 4.39 Å². The molecule has 0 bridgehead atoms. The average Bonchev–Trinajstić information content (AvgIpc) is 3.69. The molecule has 1 unspecified atom stereocenters. The number of likely N-dealkylation sites (tertiary alicyclic amines) is 1. The summed E-state index contributed by atoms with van der Waals surface area (Å²) in [5.74, 6) is 0.976. The van der Waals surface area contributed by atoms with Crippen molar-refractivity contribution in [2.75, 3.05) is 19.7 Å². The first kappa shape index (κ1) is 29.3. The summed E-state index contributed by atoms with van der Waals surface area (Å²) >= 11 is 10.7. The van der Waals surface area contributed by atoms with Gasteiger partial charge in [-0.25, -0.2) is 14.4 Å². The molecular weight excluding hydrogens is 681 g/mol. The van der Waals surface area contributed by atoms with Gasteiger partial charge in [0.2, 0.25) is 4.73 Å². The van der Waals surface area contributed by atoms with Crippen LogP contribution in [0.4, 0.5) is 4.39 Å². The minimum atomic E-state index is -1.26. The van der Waals surface area contributed by atoms with E-state index >= 15 is 0 Å². The van der Waals surface area contributed by atoms with E-state index in [-0.39, 0.29) is 6.10 Å². The number of piperidine rings is 1. The number of hydrogen-bond acceptors (Lipinski definition) is 8. The van der Waals surface area contributed by atoms with Crippen LogP contribution in [0, 0.1) is 5.82 Å². The first-order valence-electron chi connectivity index (χ1n) is 15.1. The molecule has 3 aliphatic rings. The summed E-state index contributed by atoms with van der Waals surface area (Å²) in [6, 6.07) is 16.9. The van der Waals surface area contributed by atoms with Gasteiger partial charge in [-0.2, -0.15) is 4.37 Å². The van der Waals surface area contributed by atoms with E-state index in [0.717, 1.165) is 85.0 Å². The third-order valence-electron chi connectivity index (χ3n) is 9.08. The van der Waals surface area contributed by atoms with Gasteiger partial charge in [0.15, 0.2) is 11.5 Å². The molecule has 2 atom stereocenters. The van der Waals surface area contributed by atoms with Crippen LogP contribution < -0.4 is 9.47 Å². The SMILES string of the molecule is CC1(c2ccc(Cl)cc2F)Oc2cccc(C3CCN(Cc4nc5cc(-c6nc(Br)ns6)ccc5n4C[C@@H]4CCO4)CC3)c2O1. The second-order valence-electron chi connectivity index (χ2n) is 12.0. The fourth-order valence-corrected chi connectivity index (χ4v) is 7.86. The second-order valence-corrected chi connectivity index (χ2v) is 13.9. The second kappa shape index (κ2) is 11.6. The molecule has 3 aliphatic heterocycles. The van der Waals surface area contributed by atoms with E-state index in [0.29, 0.717) is 32.7 Å². The van der Waals surface area contributed by atoms with Crippen molar-refractivity contribution in [3.8, 4) is 22.1 Å². The number of rotatable bonds is 7. The smallest absolute Gasteiger partial charge is 0.278 e. The molecule has 0 saturated carbocycles. The molecule has 2 fully saturated rings. The molecule has 0 N–H and O–H groups in total. The van der Waals surface area contributed by atoms with Gasteiger partial charge in [0.25, 0.3) is 5.79 Å². The van der Waals surface area contributed by atoms with E-state index in [1.807, 2.05) is 12.1 Å². The van der Waals surface area contributed by atoms with Crippen LogP contribution in [0.2, 0.25) is 5.02 Å². The van der Waals surface area contributed by atoms with E-state index in [4.69, 9.17) is 30.8 Å². The fourth-order valence-electron chi connectivity index (χ4n) is 6.63. The Hall–Kier alpha value is -3.09. The molecule has 45 heavy (non-hydrogen) atoms. The van der Waals surface area contributed by atoms with Crippen LogP contribution in [0.5, 0.6) is 11.5 Å². The molecule has 0 aliphatic carbocycles. The molecule has 232 valence electrons. The van der Waals surface area contributed by atoms with Crippen LogP contribution in [0.3, 0.4) is 0 Å². The molecule has 5 heterocycles. The van der Waals surface area contributed by atoms with Crippen molar-refractivity contribution in [1.82, 2.24) is 23.8 Å². The fraction of sp³-hybridized carbons (Fsp3) is 0.364. The van der Waals surface area contributed by atoms with Gasteiger partial charge in [0.1, 0.15) is 16.6 Å². The Kier molecular flexibility index (Phi) is 7.57. The van der Waals surface area contributed by atoms with Crippen LogP contribution in [0.1, 0.15) is 49.1 Å². The number of imidazole rings is 1. The minimum Gasteiger partial charge on any atom is -0.444 e. The standard InChI is InChI=1S/C33H30BrClFN5O3S/c1-33(24-7-6-21(35)16-25(24)36)43-28-4-2-3-23(30(28)44-33)19-9-12-40(13-10-19)18-29-37-26-15-20(31-38-32(34)39-45-31)5-8-27(26)41(29)17-22-11-14-42-22/h2-8,15-16,19,22H,9-14,17-18H2,1H3/t22-,33?/m0/s1. The number of benzene rings is 3. The summed E-state index contributed by atoms with van der Waals surface area (Å²) in [7, 11) is 0. The predicted molar refractivity (Wildman–Crippen MR) is 174 cm³/mol. The number of nitrogens with zero attached hydrogens (tertiary/aromatic N) is 5. The molecule has 8 nitrogen and oxygen atoms in total. The summed E-state index contributed by atoms with van der Waals surface area (Å²) in [5.41, 5.74) is 4.51. The zero-order valence-corrected chi connectivity index (χ0v) is 27.7. The summed E-state index contributed by atoms with van der Waals surface area (Å²) in [6.07, 6.45) is 3.22. The lowest BCUT2D eigenvalue weighted by atomic mass is 9.88. The number of aromatic nitrogens is 4. The molecule has 8 rings (SSSR count). The Labute approximate surface area is 277 Å². The van der Waals surface area contributed by atoms with Crippen LogP contribution in [-0.2, 0) is 23.6 Å². The highest BCUT2D eigenvalue weighted by atomic mass is 79.9. The Morgan fingerprint density at radius 1 is 1.07 bits per heavy atom. The van der Waals surface area contributed by atoms with Gasteiger partial charge in [-0.1, -0.05) is 23.7 Å². The molecule has 2 aromatic heterocycles. The molecular formula is C33H30BrClFN5O3S. The summed E-state index contributed by atoms with van der Waals surface area (Å²) < 4.78 is 40.5. The van der Waals surface area contributed by atoms with Crippen molar-refractivity contribution in [2.24, 2.45) is 0 Å². The molecule has 0 amide bonds. The average molecular weight is 711 g/mol. The Bertz CT molecular complexity index is 1910. The van der Waals surface area contributed by atoms with Gasteiger partial charge < -0.3 is 18.8 Å². The first-order chi connectivity index (χ1) is 21.8. The van der Waals surface area contributed by atoms with Gasteiger partial charge in [-0.05, 0) is 108 Å². The van der Waals surface area contributed by atoms with Crippen molar-refractivity contribution >= 4 is 50.1 Å². The van der Waals surface area contributed by atoms with Crippen molar-refractivity contribution in [1.29, 1.82) is 0 Å². The van der Waals surface area contributed by atoms with Crippen molar-refractivity contribution in [2.45, 2.75) is 57.1 Å². The summed E-state index contributed by atoms with van der Waals surface area (Å²) in [6.45, 7) is 5.97. The molecule has 2 saturated heterocycles. The maximum Gasteiger partial charge on any atom is 0.278 e. The predicted octanol–water partition coefficient (Wildman–Crippen LogP) is 7.92. The lowest BCUT2D eigenvalue weighted by molar-refractivity contribution is -0.0712. The Balaban J connectivity index is 1.000. The Morgan fingerprint density at radius 3 is 2.64 bits per heavy atom. The summed E-state index contributed by atoms with van der Waals surface area (Å²) in [4.78, 5) is 12.1. The van der Waals surface area contributed by atoms with Crippen LogP contribution in [-0.4, -0.2) is 49.6 Å². The lowest BCUT2D eigenvalue weighted by Gasteiger charge is -2.33. The zero-order chi connectivity index (χ0) is 30.7. The minimum absolute atomic E-state index is 0.222. The van der Waals surface area contributed by atoms with Crippen molar-refractivity contribution in [3.63, 3.8) is 0 Å². The molecule has 12 heteroatoms. The third kappa shape index (κ3) is 5.52.